The third-order valence-electron chi connectivity index (χ3n) is 2.28. The summed E-state index contributed by atoms with van der Waals surface area (Å²) in [6.07, 6.45) is 15.8. The van der Waals surface area contributed by atoms with E-state index in [0.717, 1.165) is 28.7 Å². The topological polar surface area (TPSA) is 12.0 Å². The van der Waals surface area contributed by atoms with E-state index in [0.29, 0.717) is 6.54 Å². The van der Waals surface area contributed by atoms with E-state index in [4.69, 9.17) is 6.42 Å². The minimum Gasteiger partial charge on any atom is -0.342 e. The Hall–Kier alpha value is -2.20. The molecule has 1 nitrogen and oxygen atoms in total. The van der Waals surface area contributed by atoms with Crippen molar-refractivity contribution in [1.82, 2.24) is 5.32 Å². The Morgan fingerprint density at radius 3 is 2.53 bits per heavy atom. The van der Waals surface area contributed by atoms with Crippen LogP contribution in [0.15, 0.2) is 72.4 Å². The second-order valence-electron chi connectivity index (χ2n) is 3.95. The third kappa shape index (κ3) is 4.90. The highest BCUT2D eigenvalue weighted by molar-refractivity contribution is 5.41. The van der Waals surface area contributed by atoms with Crippen molar-refractivity contribution in [3.8, 4) is 12.5 Å². The average Bonchev–Trinajstić information content (AvgIpc) is 2.29. The van der Waals surface area contributed by atoms with Gasteiger partial charge in [-0.15, -0.1) is 0 Å². The first-order valence-electron chi connectivity index (χ1n) is 5.41. The van der Waals surface area contributed by atoms with E-state index in [-0.39, 0.29) is 0 Å². The summed E-state index contributed by atoms with van der Waals surface area (Å²) >= 11 is 0. The number of hydrogen-bond donors (Lipinski definition) is 1. The monoisotopic (exact) mass is 223 g/mol. The molecule has 0 radical (unpaired) electrons. The van der Waals surface area contributed by atoms with Gasteiger partial charge in [-0.1, -0.05) is 67.7 Å². The SMILES string of the molecule is C#CNCC1=CC(=C)CC(=C)/C=C\C(=C)C=C1. The Morgan fingerprint density at radius 2 is 1.82 bits per heavy atom. The quantitative estimate of drug-likeness (QED) is 0.559. The van der Waals surface area contributed by atoms with Gasteiger partial charge in [-0.3, -0.25) is 0 Å². The predicted molar refractivity (Wildman–Crippen MR) is 75.2 cm³/mol. The minimum atomic E-state index is 0.621. The summed E-state index contributed by atoms with van der Waals surface area (Å²) < 4.78 is 0. The summed E-state index contributed by atoms with van der Waals surface area (Å²) in [4.78, 5) is 0. The van der Waals surface area contributed by atoms with Gasteiger partial charge in [-0.25, -0.2) is 0 Å². The van der Waals surface area contributed by atoms with Gasteiger partial charge >= 0.3 is 0 Å². The number of nitrogens with one attached hydrogen (secondary N) is 1. The number of terminal acetylenes is 1. The van der Waals surface area contributed by atoms with Crippen molar-refractivity contribution >= 4 is 0 Å². The van der Waals surface area contributed by atoms with Gasteiger partial charge in [0.05, 0.1) is 0 Å². The molecule has 1 N–H and O–H groups in total. The molecule has 0 aliphatic heterocycles. The van der Waals surface area contributed by atoms with E-state index in [9.17, 15) is 0 Å². The van der Waals surface area contributed by atoms with Crippen LogP contribution in [0, 0.1) is 12.5 Å². The van der Waals surface area contributed by atoms with Crippen LogP contribution in [0.25, 0.3) is 0 Å². The molecule has 1 aliphatic carbocycles. The van der Waals surface area contributed by atoms with Gasteiger partial charge in [-0.05, 0) is 17.6 Å². The molecule has 0 saturated heterocycles. The number of hydrogen-bond acceptors (Lipinski definition) is 1. The number of allylic oxidation sites excluding steroid dienone is 7. The van der Waals surface area contributed by atoms with Gasteiger partial charge < -0.3 is 5.32 Å². The van der Waals surface area contributed by atoms with Crippen molar-refractivity contribution in [2.75, 3.05) is 6.54 Å². The molecule has 1 heteroatoms. The standard InChI is InChI=1S/C16H17N/c1-5-17-12-16-9-8-13(2)6-7-14(3)10-15(4)11-16/h1,6-9,11,17H,2-4,10,12H2/b7-6-,9-8?,16-11?. The predicted octanol–water partition coefficient (Wildman–Crippen LogP) is 3.28. The maximum Gasteiger partial charge on any atom is 0.0480 e. The molecule has 0 fully saturated rings. The second-order valence-corrected chi connectivity index (χ2v) is 3.95. The summed E-state index contributed by atoms with van der Waals surface area (Å²) in [6.45, 7) is 12.5. The van der Waals surface area contributed by atoms with E-state index in [1.807, 2.05) is 30.4 Å². The van der Waals surface area contributed by atoms with Crippen molar-refractivity contribution < 1.29 is 0 Å². The Labute approximate surface area is 104 Å². The molecular weight excluding hydrogens is 206 g/mol. The fourth-order valence-corrected chi connectivity index (χ4v) is 1.47. The molecule has 0 amide bonds. The van der Waals surface area contributed by atoms with E-state index in [1.165, 1.54) is 0 Å². The van der Waals surface area contributed by atoms with Crippen LogP contribution in [0.3, 0.4) is 0 Å². The zero-order valence-corrected chi connectivity index (χ0v) is 10.00. The highest BCUT2D eigenvalue weighted by Crippen LogP contribution is 2.15. The molecule has 0 atom stereocenters. The van der Waals surface area contributed by atoms with Gasteiger partial charge in [0, 0.05) is 12.6 Å². The lowest BCUT2D eigenvalue weighted by molar-refractivity contribution is 0.988. The zero-order valence-electron chi connectivity index (χ0n) is 10.00. The van der Waals surface area contributed by atoms with E-state index >= 15 is 0 Å². The summed E-state index contributed by atoms with van der Waals surface area (Å²) in [5.41, 5.74) is 4.06. The van der Waals surface area contributed by atoms with Crippen LogP contribution in [-0.2, 0) is 0 Å². The first-order chi connectivity index (χ1) is 8.11. The fraction of sp³-hybridized carbons (Fsp3) is 0.125. The van der Waals surface area contributed by atoms with E-state index < -0.39 is 0 Å². The van der Waals surface area contributed by atoms with Crippen LogP contribution < -0.4 is 5.32 Å². The Kier molecular flexibility index (Phi) is 4.84. The smallest absolute Gasteiger partial charge is 0.0480 e. The van der Waals surface area contributed by atoms with Crippen LogP contribution in [0.4, 0.5) is 0 Å². The Bertz CT molecular complexity index is 464. The summed E-state index contributed by atoms with van der Waals surface area (Å²) in [7, 11) is 0. The second kappa shape index (κ2) is 6.40. The average molecular weight is 223 g/mol. The molecule has 0 bridgehead atoms. The first-order valence-corrected chi connectivity index (χ1v) is 5.41. The molecule has 0 heterocycles. The lowest BCUT2D eigenvalue weighted by atomic mass is 10.0. The van der Waals surface area contributed by atoms with Crippen LogP contribution in [0.1, 0.15) is 6.42 Å². The molecule has 86 valence electrons. The summed E-state index contributed by atoms with van der Waals surface area (Å²) in [5.74, 6) is 0. The normalized spacial score (nSPS) is 18.3. The van der Waals surface area contributed by atoms with Crippen LogP contribution in [-0.4, -0.2) is 6.54 Å². The van der Waals surface area contributed by atoms with Crippen molar-refractivity contribution in [1.29, 1.82) is 0 Å². The Balaban J connectivity index is 2.95. The molecule has 0 unspecified atom stereocenters. The number of rotatable bonds is 2. The molecule has 1 aliphatic rings. The third-order valence-corrected chi connectivity index (χ3v) is 2.28. The lowest BCUT2D eigenvalue weighted by Gasteiger charge is -2.07. The molecule has 17 heavy (non-hydrogen) atoms. The van der Waals surface area contributed by atoms with Gasteiger partial charge in [0.1, 0.15) is 0 Å². The van der Waals surface area contributed by atoms with Crippen molar-refractivity contribution in [2.24, 2.45) is 0 Å². The molecule has 0 spiro atoms. The van der Waals surface area contributed by atoms with Crippen molar-refractivity contribution in [2.45, 2.75) is 6.42 Å². The molecule has 0 saturated carbocycles. The highest BCUT2D eigenvalue weighted by atomic mass is 14.8. The van der Waals surface area contributed by atoms with E-state index in [2.05, 4.69) is 31.1 Å². The maximum absolute atomic E-state index is 5.18. The fourth-order valence-electron chi connectivity index (χ4n) is 1.47. The van der Waals surface area contributed by atoms with Gasteiger partial charge in [-0.2, -0.15) is 0 Å². The minimum absolute atomic E-state index is 0.621. The molecule has 0 aromatic carbocycles. The molecule has 1 rings (SSSR count). The largest absolute Gasteiger partial charge is 0.342 e. The van der Waals surface area contributed by atoms with Crippen LogP contribution in [0.2, 0.25) is 0 Å². The molecule has 0 aromatic rings. The lowest BCUT2D eigenvalue weighted by Crippen LogP contribution is -2.09. The molecule has 0 aromatic heterocycles. The summed E-state index contributed by atoms with van der Waals surface area (Å²) in [6, 6.07) is 2.41. The summed E-state index contributed by atoms with van der Waals surface area (Å²) in [5, 5.41) is 2.85. The van der Waals surface area contributed by atoms with Crippen molar-refractivity contribution in [3.05, 3.63) is 72.4 Å². The van der Waals surface area contributed by atoms with E-state index in [1.54, 1.807) is 0 Å². The zero-order chi connectivity index (χ0) is 12.7. The van der Waals surface area contributed by atoms with Gasteiger partial charge in [0.15, 0.2) is 0 Å². The van der Waals surface area contributed by atoms with Crippen molar-refractivity contribution in [3.63, 3.8) is 0 Å². The van der Waals surface area contributed by atoms with Gasteiger partial charge in [0.25, 0.3) is 0 Å². The highest BCUT2D eigenvalue weighted by Gasteiger charge is 1.98. The Morgan fingerprint density at radius 1 is 1.12 bits per heavy atom. The molecular formula is C16H17N. The van der Waals surface area contributed by atoms with Crippen LogP contribution in [0.5, 0.6) is 0 Å². The first kappa shape index (κ1) is 12.9. The maximum atomic E-state index is 5.18. The van der Waals surface area contributed by atoms with Crippen LogP contribution >= 0.6 is 0 Å². The van der Waals surface area contributed by atoms with Gasteiger partial charge in [0.2, 0.25) is 0 Å².